The Labute approximate surface area is 182 Å². The number of allylic oxidation sites excluding steroid dienone is 5. The van der Waals surface area contributed by atoms with E-state index in [4.69, 9.17) is 5.26 Å². The molecular weight excluding hydrogens is 370 g/mol. The van der Waals surface area contributed by atoms with Gasteiger partial charge in [0.05, 0.1) is 11.3 Å². The number of hydrazine groups is 1. The Bertz CT molecular complexity index is 794. The van der Waals surface area contributed by atoms with E-state index >= 15 is 0 Å². The van der Waals surface area contributed by atoms with E-state index < -0.39 is 0 Å². The van der Waals surface area contributed by atoms with Crippen LogP contribution < -0.4 is 10.7 Å². The molecule has 5 nitrogen and oxygen atoms in total. The molecular formula is C25H35N5. The average Bonchev–Trinajstić information content (AvgIpc) is 2.76. The summed E-state index contributed by atoms with van der Waals surface area (Å²) in [4.78, 5) is 4.44. The summed E-state index contributed by atoms with van der Waals surface area (Å²) in [5.41, 5.74) is 7.66. The smallest absolute Gasteiger partial charge is 0.102 e. The summed E-state index contributed by atoms with van der Waals surface area (Å²) < 4.78 is 0. The zero-order valence-corrected chi connectivity index (χ0v) is 18.7. The fourth-order valence-corrected chi connectivity index (χ4v) is 2.64. The molecule has 30 heavy (non-hydrogen) atoms. The zero-order chi connectivity index (χ0) is 22.2. The third-order valence-corrected chi connectivity index (χ3v) is 4.69. The van der Waals surface area contributed by atoms with Crippen LogP contribution in [-0.4, -0.2) is 24.4 Å². The molecule has 0 amide bonds. The second kappa shape index (κ2) is 14.8. The second-order valence-electron chi connectivity index (χ2n) is 7.04. The second-order valence-corrected chi connectivity index (χ2v) is 7.04. The van der Waals surface area contributed by atoms with Crippen LogP contribution in [0.2, 0.25) is 0 Å². The van der Waals surface area contributed by atoms with Crippen molar-refractivity contribution < 1.29 is 0 Å². The fourth-order valence-electron chi connectivity index (χ4n) is 2.64. The minimum Gasteiger partial charge on any atom is -0.372 e. The number of aliphatic imine (C=N–C) groups is 1. The lowest BCUT2D eigenvalue weighted by molar-refractivity contribution is 0.212. The molecule has 0 spiro atoms. The lowest BCUT2D eigenvalue weighted by Gasteiger charge is -2.31. The van der Waals surface area contributed by atoms with Crippen LogP contribution >= 0.6 is 0 Å². The minimum atomic E-state index is 0.320. The Morgan fingerprint density at radius 3 is 2.67 bits per heavy atom. The number of hydrogen-bond acceptors (Lipinski definition) is 5. The maximum absolute atomic E-state index is 9.08. The molecule has 0 aromatic heterocycles. The topological polar surface area (TPSA) is 63.5 Å². The lowest BCUT2D eigenvalue weighted by atomic mass is 10.1. The Hall–Kier alpha value is -3.10. The van der Waals surface area contributed by atoms with Gasteiger partial charge in [-0.1, -0.05) is 62.4 Å². The van der Waals surface area contributed by atoms with Crippen molar-refractivity contribution in [1.82, 2.24) is 15.8 Å². The van der Waals surface area contributed by atoms with Crippen LogP contribution in [0.4, 0.5) is 0 Å². The Morgan fingerprint density at radius 2 is 2.07 bits per heavy atom. The molecule has 1 rings (SSSR count). The molecule has 0 aliphatic carbocycles. The first kappa shape index (κ1) is 24.9. The molecule has 0 fully saturated rings. The van der Waals surface area contributed by atoms with E-state index in [1.54, 1.807) is 12.4 Å². The normalized spacial score (nSPS) is 13.4. The van der Waals surface area contributed by atoms with Crippen molar-refractivity contribution >= 4 is 6.21 Å². The lowest BCUT2D eigenvalue weighted by Crippen LogP contribution is -2.44. The van der Waals surface area contributed by atoms with Gasteiger partial charge in [0, 0.05) is 25.2 Å². The largest absolute Gasteiger partial charge is 0.372 e. The molecule has 5 heteroatoms. The SMILES string of the molecule is C=C/C(C#N)=C\NCN(NCCc1ccc(C)cc1)\C(=C/N=C/C=C\C)C(C)CC. The number of nitriles is 1. The highest BCUT2D eigenvalue weighted by atomic mass is 15.5. The standard InChI is InChI=1S/C25H35N5/c1-6-9-15-27-19-25(22(5)7-2)30(20-28-18-23(8-3)17-26)29-16-14-24-12-10-21(4)11-13-24/h6,8-13,15,18-19,22,28-29H,3,7,14,16,20H2,1-2,4-5H3/b9-6-,23-18+,25-19-,27-15+. The van der Waals surface area contributed by atoms with Crippen LogP contribution in [-0.2, 0) is 6.42 Å². The van der Waals surface area contributed by atoms with E-state index in [1.165, 1.54) is 17.2 Å². The molecule has 1 aromatic carbocycles. The van der Waals surface area contributed by atoms with Gasteiger partial charge in [-0.3, -0.25) is 10.0 Å². The Balaban J connectivity index is 2.96. The molecule has 0 saturated carbocycles. The Morgan fingerprint density at radius 1 is 1.33 bits per heavy atom. The fraction of sp³-hybridized carbons (Fsp3) is 0.360. The van der Waals surface area contributed by atoms with Gasteiger partial charge in [0.1, 0.15) is 12.7 Å². The molecule has 0 aliphatic rings. The number of rotatable bonds is 13. The molecule has 0 bridgehead atoms. The molecule has 1 atom stereocenters. The van der Waals surface area contributed by atoms with Crippen molar-refractivity contribution in [3.63, 3.8) is 0 Å². The summed E-state index contributed by atoms with van der Waals surface area (Å²) in [6, 6.07) is 10.7. The van der Waals surface area contributed by atoms with Crippen molar-refractivity contribution in [2.24, 2.45) is 10.9 Å². The predicted molar refractivity (Wildman–Crippen MR) is 127 cm³/mol. The van der Waals surface area contributed by atoms with Gasteiger partial charge in [-0.05, 0) is 44.2 Å². The van der Waals surface area contributed by atoms with Crippen LogP contribution in [0.5, 0.6) is 0 Å². The summed E-state index contributed by atoms with van der Waals surface area (Å²) in [5.74, 6) is 0.320. The summed E-state index contributed by atoms with van der Waals surface area (Å²) in [6.45, 7) is 13.4. The maximum atomic E-state index is 9.08. The van der Waals surface area contributed by atoms with Gasteiger partial charge in [-0.2, -0.15) is 5.26 Å². The highest BCUT2D eigenvalue weighted by Gasteiger charge is 2.15. The van der Waals surface area contributed by atoms with Crippen molar-refractivity contribution in [3.05, 3.63) is 83.9 Å². The molecule has 0 heterocycles. The summed E-state index contributed by atoms with van der Waals surface area (Å²) >= 11 is 0. The molecule has 1 aromatic rings. The van der Waals surface area contributed by atoms with Crippen molar-refractivity contribution in [2.45, 2.75) is 40.5 Å². The van der Waals surface area contributed by atoms with E-state index in [0.29, 0.717) is 18.2 Å². The van der Waals surface area contributed by atoms with Crippen LogP contribution in [0.1, 0.15) is 38.3 Å². The van der Waals surface area contributed by atoms with E-state index in [0.717, 1.165) is 25.1 Å². The van der Waals surface area contributed by atoms with E-state index in [-0.39, 0.29) is 0 Å². The highest BCUT2D eigenvalue weighted by molar-refractivity contribution is 5.71. The molecule has 160 valence electrons. The number of benzene rings is 1. The first-order valence-electron chi connectivity index (χ1n) is 10.4. The molecule has 2 N–H and O–H groups in total. The summed E-state index contributed by atoms with van der Waals surface area (Å²) in [6.07, 6.45) is 12.7. The van der Waals surface area contributed by atoms with Gasteiger partial charge in [0.15, 0.2) is 0 Å². The van der Waals surface area contributed by atoms with Crippen LogP contribution in [0.25, 0.3) is 0 Å². The van der Waals surface area contributed by atoms with Gasteiger partial charge in [-0.25, -0.2) is 5.43 Å². The summed E-state index contributed by atoms with van der Waals surface area (Å²) in [7, 11) is 0. The molecule has 0 radical (unpaired) electrons. The van der Waals surface area contributed by atoms with Crippen molar-refractivity contribution in [2.75, 3.05) is 13.2 Å². The van der Waals surface area contributed by atoms with Crippen molar-refractivity contribution in [1.29, 1.82) is 5.26 Å². The van der Waals surface area contributed by atoms with Gasteiger partial charge in [0.25, 0.3) is 0 Å². The maximum Gasteiger partial charge on any atom is 0.102 e. The number of nitrogens with one attached hydrogen (secondary N) is 2. The van der Waals surface area contributed by atoms with Gasteiger partial charge < -0.3 is 5.32 Å². The summed E-state index contributed by atoms with van der Waals surface area (Å²) in [5, 5.41) is 14.4. The third kappa shape index (κ3) is 9.40. The Kier molecular flexibility index (Phi) is 12.3. The van der Waals surface area contributed by atoms with Crippen LogP contribution in [0, 0.1) is 24.2 Å². The van der Waals surface area contributed by atoms with E-state index in [9.17, 15) is 0 Å². The highest BCUT2D eigenvalue weighted by Crippen LogP contribution is 2.17. The third-order valence-electron chi connectivity index (χ3n) is 4.69. The first-order chi connectivity index (χ1) is 14.5. The predicted octanol–water partition coefficient (Wildman–Crippen LogP) is 5.02. The van der Waals surface area contributed by atoms with Crippen LogP contribution in [0.3, 0.4) is 0 Å². The number of nitrogens with zero attached hydrogens (tertiary/aromatic N) is 3. The van der Waals surface area contributed by atoms with Gasteiger partial charge >= 0.3 is 0 Å². The van der Waals surface area contributed by atoms with Gasteiger partial charge in [0.2, 0.25) is 0 Å². The first-order valence-corrected chi connectivity index (χ1v) is 10.4. The monoisotopic (exact) mass is 405 g/mol. The zero-order valence-electron chi connectivity index (χ0n) is 18.7. The van der Waals surface area contributed by atoms with E-state index in [2.05, 4.69) is 78.4 Å². The van der Waals surface area contributed by atoms with E-state index in [1.807, 2.05) is 25.3 Å². The minimum absolute atomic E-state index is 0.320. The molecule has 0 saturated heterocycles. The van der Waals surface area contributed by atoms with Crippen molar-refractivity contribution in [3.8, 4) is 6.07 Å². The quantitative estimate of drug-likeness (QED) is 0.159. The number of hydrogen-bond donors (Lipinski definition) is 2. The molecule has 1 unspecified atom stereocenters. The van der Waals surface area contributed by atoms with Gasteiger partial charge in [-0.15, -0.1) is 0 Å². The average molecular weight is 406 g/mol. The molecule has 0 aliphatic heterocycles. The van der Waals surface area contributed by atoms with Crippen LogP contribution in [0.15, 0.2) is 77.7 Å². The number of aryl methyl sites for hydroxylation is 1.